The number of imide groups is 1. The minimum atomic E-state index is -4.80. The number of nitrogens with zero attached hydrogens (tertiary/aromatic N) is 3. The van der Waals surface area contributed by atoms with Crippen LogP contribution < -0.4 is 4.90 Å². The van der Waals surface area contributed by atoms with Crippen LogP contribution in [0.3, 0.4) is 0 Å². The van der Waals surface area contributed by atoms with Gasteiger partial charge in [-0.1, -0.05) is 0 Å². The minimum absolute atomic E-state index is 0.0605. The molecule has 11 heteroatoms. The van der Waals surface area contributed by atoms with Crippen molar-refractivity contribution in [3.63, 3.8) is 0 Å². The summed E-state index contributed by atoms with van der Waals surface area (Å²) in [7, 11) is 0. The van der Waals surface area contributed by atoms with Crippen LogP contribution in [-0.4, -0.2) is 51.5 Å². The van der Waals surface area contributed by atoms with Crippen LogP contribution in [-0.2, 0) is 15.7 Å². The molecule has 1 N–H and O–H groups in total. The van der Waals surface area contributed by atoms with E-state index in [4.69, 9.17) is 15.1 Å². The van der Waals surface area contributed by atoms with Gasteiger partial charge in [0.05, 0.1) is 29.0 Å². The van der Waals surface area contributed by atoms with Gasteiger partial charge < -0.3 is 9.84 Å². The van der Waals surface area contributed by atoms with Crippen LogP contribution in [0.15, 0.2) is 18.2 Å². The highest BCUT2D eigenvalue weighted by Crippen LogP contribution is 2.43. The number of anilines is 1. The van der Waals surface area contributed by atoms with Crippen LogP contribution >= 0.6 is 11.9 Å². The maximum absolute atomic E-state index is 13.4. The highest BCUT2D eigenvalue weighted by Gasteiger charge is 2.53. The maximum Gasteiger partial charge on any atom is 0.417 e. The van der Waals surface area contributed by atoms with Crippen LogP contribution in [0.1, 0.15) is 57.1 Å². The maximum atomic E-state index is 13.4. The first-order valence-corrected chi connectivity index (χ1v) is 11.5. The molecule has 2 aliphatic rings. The molecule has 1 aliphatic heterocycles. The van der Waals surface area contributed by atoms with E-state index in [9.17, 15) is 22.8 Å². The Bertz CT molecular complexity index is 940. The number of hydrogen-bond donors (Lipinski definition) is 1. The summed E-state index contributed by atoms with van der Waals surface area (Å²) in [4.78, 5) is 27.0. The Hall–Kier alpha value is -2.29. The number of hydrogen-bond acceptors (Lipinski definition) is 6. The van der Waals surface area contributed by atoms with E-state index in [2.05, 4.69) is 0 Å². The predicted octanol–water partition coefficient (Wildman–Crippen LogP) is 4.48. The predicted molar refractivity (Wildman–Crippen MR) is 116 cm³/mol. The molecule has 0 unspecified atom stereocenters. The highest BCUT2D eigenvalue weighted by atomic mass is 32.2. The number of amides is 3. The summed E-state index contributed by atoms with van der Waals surface area (Å²) in [5.74, 6) is -0.626. The Balaban J connectivity index is 1.75. The molecule has 7 nitrogen and oxygen atoms in total. The number of aliphatic hydroxyl groups is 1. The van der Waals surface area contributed by atoms with Crippen molar-refractivity contribution in [3.05, 3.63) is 29.3 Å². The van der Waals surface area contributed by atoms with E-state index in [1.807, 2.05) is 0 Å². The molecule has 3 rings (SSSR count). The molecule has 1 aromatic carbocycles. The van der Waals surface area contributed by atoms with E-state index in [0.29, 0.717) is 19.1 Å². The summed E-state index contributed by atoms with van der Waals surface area (Å²) in [6.45, 7) is 3.70. The second-order valence-corrected chi connectivity index (χ2v) is 9.81. The van der Waals surface area contributed by atoms with Gasteiger partial charge in [0.1, 0.15) is 5.54 Å². The summed E-state index contributed by atoms with van der Waals surface area (Å²) in [5, 5.41) is 17.9. The van der Waals surface area contributed by atoms with Crippen molar-refractivity contribution < 1.29 is 32.6 Å². The number of aliphatic hydroxyl groups excluding tert-OH is 1. The van der Waals surface area contributed by atoms with E-state index in [-0.39, 0.29) is 23.6 Å². The van der Waals surface area contributed by atoms with Crippen molar-refractivity contribution in [3.8, 4) is 6.07 Å². The summed E-state index contributed by atoms with van der Waals surface area (Å²) in [6, 6.07) is 3.62. The van der Waals surface area contributed by atoms with Gasteiger partial charge in [0, 0.05) is 18.5 Å². The fraction of sp³-hybridized carbons (Fsp3) is 0.591. The van der Waals surface area contributed by atoms with Gasteiger partial charge in [-0.15, -0.1) is 0 Å². The normalized spacial score (nSPS) is 23.2. The van der Waals surface area contributed by atoms with E-state index in [1.165, 1.54) is 28.4 Å². The van der Waals surface area contributed by atoms with E-state index in [0.717, 1.165) is 36.6 Å². The number of halogens is 3. The van der Waals surface area contributed by atoms with Crippen LogP contribution in [0.25, 0.3) is 0 Å². The van der Waals surface area contributed by atoms with Crippen molar-refractivity contribution in [2.45, 2.75) is 69.0 Å². The first-order chi connectivity index (χ1) is 15.5. The lowest BCUT2D eigenvalue weighted by Crippen LogP contribution is -2.41. The molecule has 3 amide bonds. The Morgan fingerprint density at radius 1 is 1.24 bits per heavy atom. The minimum Gasteiger partial charge on any atom is -0.396 e. The number of urea groups is 1. The number of carbonyl (C=O) groups excluding carboxylic acids is 2. The summed E-state index contributed by atoms with van der Waals surface area (Å²) in [6.07, 6.45) is -1.03. The second kappa shape index (κ2) is 9.91. The second-order valence-electron chi connectivity index (χ2n) is 8.57. The van der Waals surface area contributed by atoms with Gasteiger partial charge in [0.2, 0.25) is 0 Å². The van der Waals surface area contributed by atoms with Crippen molar-refractivity contribution in [1.29, 1.82) is 5.26 Å². The van der Waals surface area contributed by atoms with Crippen molar-refractivity contribution in [2.24, 2.45) is 0 Å². The Morgan fingerprint density at radius 3 is 2.48 bits per heavy atom. The zero-order valence-electron chi connectivity index (χ0n) is 18.4. The SMILES string of the molecule is CC1(C)C(=O)N(c2ccc(C#N)c(C(F)(F)F)c2)C(=O)N1SC1CCC(OCCCO)CC1. The van der Waals surface area contributed by atoms with Crippen molar-refractivity contribution in [1.82, 2.24) is 4.31 Å². The van der Waals surface area contributed by atoms with Crippen LogP contribution in [0, 0.1) is 11.3 Å². The number of ether oxygens (including phenoxy) is 1. The molecule has 2 fully saturated rings. The lowest BCUT2D eigenvalue weighted by molar-refractivity contribution is -0.137. The largest absolute Gasteiger partial charge is 0.417 e. The van der Waals surface area contributed by atoms with Crippen LogP contribution in [0.4, 0.5) is 23.7 Å². The smallest absolute Gasteiger partial charge is 0.396 e. The van der Waals surface area contributed by atoms with Gasteiger partial charge in [-0.3, -0.25) is 9.10 Å². The van der Waals surface area contributed by atoms with Crippen molar-refractivity contribution in [2.75, 3.05) is 18.1 Å². The van der Waals surface area contributed by atoms with Crippen LogP contribution in [0.2, 0.25) is 0 Å². The van der Waals surface area contributed by atoms with E-state index < -0.39 is 34.8 Å². The van der Waals surface area contributed by atoms with E-state index in [1.54, 1.807) is 13.8 Å². The molecule has 0 bridgehead atoms. The lowest BCUT2D eigenvalue weighted by Gasteiger charge is -2.33. The molecule has 1 aromatic rings. The fourth-order valence-electron chi connectivity index (χ4n) is 3.95. The summed E-state index contributed by atoms with van der Waals surface area (Å²) < 4.78 is 47.2. The number of nitriles is 1. The van der Waals surface area contributed by atoms with Crippen LogP contribution in [0.5, 0.6) is 0 Å². The first-order valence-electron chi connectivity index (χ1n) is 10.7. The van der Waals surface area contributed by atoms with Gasteiger partial charge in [0.15, 0.2) is 0 Å². The lowest BCUT2D eigenvalue weighted by atomic mass is 9.97. The van der Waals surface area contributed by atoms with Gasteiger partial charge in [-0.25, -0.2) is 9.69 Å². The molecule has 1 saturated carbocycles. The van der Waals surface area contributed by atoms with Gasteiger partial charge in [0.25, 0.3) is 5.91 Å². The Labute approximate surface area is 194 Å². The third-order valence-electron chi connectivity index (χ3n) is 5.82. The van der Waals surface area contributed by atoms with E-state index >= 15 is 0 Å². The molecule has 0 radical (unpaired) electrons. The standard InChI is InChI=1S/C22H26F3N3O4S/c1-21(2)19(30)27(15-5-4-14(13-26)18(12-15)22(23,24)25)20(31)28(21)33-17-8-6-16(7-9-17)32-11-3-10-29/h4-5,12,16-17,29H,3,6-11H2,1-2H3. The average Bonchev–Trinajstić information content (AvgIpc) is 2.93. The molecular formula is C22H26F3N3O4S. The molecule has 0 spiro atoms. The Morgan fingerprint density at radius 2 is 1.91 bits per heavy atom. The average molecular weight is 486 g/mol. The van der Waals surface area contributed by atoms with Gasteiger partial charge in [-0.05, 0) is 76.1 Å². The zero-order valence-corrected chi connectivity index (χ0v) is 19.2. The molecule has 1 heterocycles. The molecule has 0 aromatic heterocycles. The van der Waals surface area contributed by atoms with Crippen molar-refractivity contribution >= 4 is 29.6 Å². The number of rotatable bonds is 7. The highest BCUT2D eigenvalue weighted by molar-refractivity contribution is 7.98. The molecule has 1 saturated heterocycles. The molecule has 33 heavy (non-hydrogen) atoms. The van der Waals surface area contributed by atoms with Gasteiger partial charge in [-0.2, -0.15) is 18.4 Å². The monoisotopic (exact) mass is 485 g/mol. The third-order valence-corrected chi connectivity index (χ3v) is 7.41. The van der Waals surface area contributed by atoms with Gasteiger partial charge >= 0.3 is 12.2 Å². The first kappa shape index (κ1) is 25.3. The number of alkyl halides is 3. The number of benzene rings is 1. The fourth-order valence-corrected chi connectivity index (χ4v) is 5.25. The summed E-state index contributed by atoms with van der Waals surface area (Å²) in [5.41, 5.74) is -3.23. The number of carbonyl (C=O) groups is 2. The molecular weight excluding hydrogens is 459 g/mol. The quantitative estimate of drug-likeness (QED) is 0.348. The zero-order chi connectivity index (χ0) is 24.4. The Kier molecular flexibility index (Phi) is 7.61. The molecule has 1 aliphatic carbocycles. The molecule has 180 valence electrons. The molecule has 0 atom stereocenters. The topological polar surface area (TPSA) is 93.9 Å². The third kappa shape index (κ3) is 5.28. The summed E-state index contributed by atoms with van der Waals surface area (Å²) >= 11 is 1.24.